The van der Waals surface area contributed by atoms with Gasteiger partial charge < -0.3 is 10.6 Å². The monoisotopic (exact) mass is 142 g/mol. The third kappa shape index (κ3) is 2.29. The maximum absolute atomic E-state index is 5.77. The van der Waals surface area contributed by atoms with Crippen LogP contribution >= 0.6 is 0 Å². The molecule has 0 saturated heterocycles. The fraction of sp³-hybridized carbons (Fsp3) is 0.750. The highest BCUT2D eigenvalue weighted by Gasteiger charge is 2.02. The molecular weight excluding hydrogens is 124 g/mol. The van der Waals surface area contributed by atoms with E-state index in [2.05, 4.69) is 20.8 Å². The normalized spacial score (nSPS) is 13.4. The first-order valence-corrected chi connectivity index (χ1v) is 3.60. The lowest BCUT2D eigenvalue weighted by atomic mass is 10.1. The second kappa shape index (κ2) is 3.49. The van der Waals surface area contributed by atoms with Gasteiger partial charge in [-0.2, -0.15) is 0 Å². The topological polar surface area (TPSA) is 29.3 Å². The van der Waals surface area contributed by atoms with Gasteiger partial charge in [0.1, 0.15) is 0 Å². The van der Waals surface area contributed by atoms with Crippen LogP contribution in [0.25, 0.3) is 0 Å². The summed E-state index contributed by atoms with van der Waals surface area (Å²) in [5, 5.41) is 0. The highest BCUT2D eigenvalue weighted by molar-refractivity contribution is 5.08. The van der Waals surface area contributed by atoms with E-state index >= 15 is 0 Å². The molecule has 0 fully saturated rings. The average Bonchev–Trinajstić information content (AvgIpc) is 1.84. The van der Waals surface area contributed by atoms with Gasteiger partial charge in [0.15, 0.2) is 0 Å². The zero-order valence-electron chi connectivity index (χ0n) is 7.60. The second-order valence-electron chi connectivity index (χ2n) is 3.12. The number of hydrogen-bond acceptors (Lipinski definition) is 2. The van der Waals surface area contributed by atoms with Crippen molar-refractivity contribution in [2.45, 2.75) is 20.8 Å². The summed E-state index contributed by atoms with van der Waals surface area (Å²) in [5.74, 6) is 1.43. The molecule has 60 valence electrons. The summed E-state index contributed by atoms with van der Waals surface area (Å²) in [7, 11) is 3.92. The standard InChI is InChI=1S/C8H18N2/c1-6(2)7(3)8(9)10(4)5/h6H,9H2,1-5H3. The maximum atomic E-state index is 5.77. The summed E-state index contributed by atoms with van der Waals surface area (Å²) in [6.07, 6.45) is 0. The first-order chi connectivity index (χ1) is 4.46. The zero-order chi connectivity index (χ0) is 8.31. The Kier molecular flexibility index (Phi) is 3.26. The Balaban J connectivity index is 4.34. The van der Waals surface area contributed by atoms with Crippen molar-refractivity contribution in [1.29, 1.82) is 0 Å². The van der Waals surface area contributed by atoms with Gasteiger partial charge in [-0.3, -0.25) is 0 Å². The predicted octanol–water partition coefficient (Wildman–Crippen LogP) is 1.39. The van der Waals surface area contributed by atoms with Crippen LogP contribution in [0.15, 0.2) is 11.4 Å². The van der Waals surface area contributed by atoms with E-state index in [4.69, 9.17) is 5.73 Å². The van der Waals surface area contributed by atoms with E-state index < -0.39 is 0 Å². The largest absolute Gasteiger partial charge is 0.385 e. The van der Waals surface area contributed by atoms with Gasteiger partial charge in [-0.05, 0) is 18.4 Å². The van der Waals surface area contributed by atoms with Crippen LogP contribution in [0.2, 0.25) is 0 Å². The van der Waals surface area contributed by atoms with E-state index in [0.29, 0.717) is 5.92 Å². The van der Waals surface area contributed by atoms with E-state index in [9.17, 15) is 0 Å². The summed E-state index contributed by atoms with van der Waals surface area (Å²) in [4.78, 5) is 1.94. The molecule has 0 heterocycles. The van der Waals surface area contributed by atoms with Gasteiger partial charge in [0.2, 0.25) is 0 Å². The van der Waals surface area contributed by atoms with Gasteiger partial charge >= 0.3 is 0 Å². The fourth-order valence-electron chi connectivity index (χ4n) is 0.648. The van der Waals surface area contributed by atoms with Crippen molar-refractivity contribution in [1.82, 2.24) is 4.90 Å². The fourth-order valence-corrected chi connectivity index (χ4v) is 0.648. The smallest absolute Gasteiger partial charge is 0.0972 e. The lowest BCUT2D eigenvalue weighted by Crippen LogP contribution is -2.21. The molecule has 0 saturated carbocycles. The molecule has 0 aliphatic rings. The number of hydrogen-bond donors (Lipinski definition) is 1. The van der Waals surface area contributed by atoms with E-state index in [1.54, 1.807) is 0 Å². The quantitative estimate of drug-likeness (QED) is 0.631. The minimum Gasteiger partial charge on any atom is -0.385 e. The number of nitrogens with two attached hydrogens (primary N) is 1. The molecule has 0 spiro atoms. The molecule has 0 bridgehead atoms. The molecule has 0 unspecified atom stereocenters. The second-order valence-corrected chi connectivity index (χ2v) is 3.12. The molecule has 2 nitrogen and oxygen atoms in total. The van der Waals surface area contributed by atoms with Crippen molar-refractivity contribution in [2.75, 3.05) is 14.1 Å². The lowest BCUT2D eigenvalue weighted by Gasteiger charge is -2.17. The van der Waals surface area contributed by atoms with Crippen LogP contribution in [0, 0.1) is 5.92 Å². The molecule has 10 heavy (non-hydrogen) atoms. The van der Waals surface area contributed by atoms with Crippen LogP contribution in [-0.4, -0.2) is 19.0 Å². The molecule has 0 radical (unpaired) electrons. The number of rotatable bonds is 2. The van der Waals surface area contributed by atoms with Gasteiger partial charge in [0, 0.05) is 14.1 Å². The van der Waals surface area contributed by atoms with Gasteiger partial charge in [-0.1, -0.05) is 13.8 Å². The van der Waals surface area contributed by atoms with E-state index in [0.717, 1.165) is 5.82 Å². The highest BCUT2D eigenvalue weighted by atomic mass is 15.1. The molecule has 0 atom stereocenters. The van der Waals surface area contributed by atoms with Gasteiger partial charge in [0.25, 0.3) is 0 Å². The SMILES string of the molecule is CC(=C(N)N(C)C)C(C)C. The van der Waals surface area contributed by atoms with Gasteiger partial charge in [-0.25, -0.2) is 0 Å². The average molecular weight is 142 g/mol. The van der Waals surface area contributed by atoms with E-state index in [1.807, 2.05) is 19.0 Å². The lowest BCUT2D eigenvalue weighted by molar-refractivity contribution is 0.487. The van der Waals surface area contributed by atoms with Crippen molar-refractivity contribution < 1.29 is 0 Å². The molecule has 2 N–H and O–H groups in total. The van der Waals surface area contributed by atoms with E-state index in [-0.39, 0.29) is 0 Å². The third-order valence-corrected chi connectivity index (χ3v) is 1.75. The molecule has 0 aliphatic carbocycles. The zero-order valence-corrected chi connectivity index (χ0v) is 7.60. The molecule has 0 aromatic heterocycles. The minimum absolute atomic E-state index is 0.544. The van der Waals surface area contributed by atoms with Crippen molar-refractivity contribution in [3.8, 4) is 0 Å². The van der Waals surface area contributed by atoms with E-state index in [1.165, 1.54) is 5.57 Å². The Morgan fingerprint density at radius 1 is 1.30 bits per heavy atom. The van der Waals surface area contributed by atoms with Gasteiger partial charge in [-0.15, -0.1) is 0 Å². The van der Waals surface area contributed by atoms with Crippen LogP contribution in [0.4, 0.5) is 0 Å². The van der Waals surface area contributed by atoms with Crippen LogP contribution < -0.4 is 5.73 Å². The van der Waals surface area contributed by atoms with Gasteiger partial charge in [0.05, 0.1) is 5.82 Å². The number of nitrogens with zero attached hydrogens (tertiary/aromatic N) is 1. The molecule has 2 heteroatoms. The minimum atomic E-state index is 0.544. The van der Waals surface area contributed by atoms with Crippen LogP contribution in [0.1, 0.15) is 20.8 Å². The Morgan fingerprint density at radius 3 is 1.80 bits per heavy atom. The van der Waals surface area contributed by atoms with Crippen molar-refractivity contribution in [3.63, 3.8) is 0 Å². The summed E-state index contributed by atoms with van der Waals surface area (Å²) in [6.45, 7) is 6.36. The predicted molar refractivity (Wildman–Crippen MR) is 45.4 cm³/mol. The molecule has 0 aliphatic heterocycles. The summed E-state index contributed by atoms with van der Waals surface area (Å²) in [6, 6.07) is 0. The summed E-state index contributed by atoms with van der Waals surface area (Å²) in [5.41, 5.74) is 7.02. The Bertz CT molecular complexity index is 118. The Morgan fingerprint density at radius 2 is 1.70 bits per heavy atom. The van der Waals surface area contributed by atoms with Crippen LogP contribution in [0.5, 0.6) is 0 Å². The first-order valence-electron chi connectivity index (χ1n) is 3.60. The van der Waals surface area contributed by atoms with Crippen LogP contribution in [-0.2, 0) is 0 Å². The Hall–Kier alpha value is -0.660. The number of allylic oxidation sites excluding steroid dienone is 1. The molecular formula is C8H18N2. The van der Waals surface area contributed by atoms with Crippen molar-refractivity contribution in [2.24, 2.45) is 11.7 Å². The molecule has 0 aromatic carbocycles. The Labute approximate surface area is 63.7 Å². The highest BCUT2D eigenvalue weighted by Crippen LogP contribution is 2.11. The summed E-state index contributed by atoms with van der Waals surface area (Å²) < 4.78 is 0. The third-order valence-electron chi connectivity index (χ3n) is 1.75. The summed E-state index contributed by atoms with van der Waals surface area (Å²) >= 11 is 0. The van der Waals surface area contributed by atoms with Crippen LogP contribution in [0.3, 0.4) is 0 Å². The first kappa shape index (κ1) is 9.34. The molecule has 0 aromatic rings. The van der Waals surface area contributed by atoms with Crippen molar-refractivity contribution in [3.05, 3.63) is 11.4 Å². The molecule has 0 amide bonds. The maximum Gasteiger partial charge on any atom is 0.0972 e. The molecule has 0 rings (SSSR count). The van der Waals surface area contributed by atoms with Crippen molar-refractivity contribution >= 4 is 0 Å².